The number of hydrogen-bond donors (Lipinski definition) is 2. The number of amides is 2. The summed E-state index contributed by atoms with van der Waals surface area (Å²) in [5.74, 6) is -2.76. The molecule has 1 aliphatic heterocycles. The Morgan fingerprint density at radius 3 is 2.47 bits per heavy atom. The average Bonchev–Trinajstić information content (AvgIpc) is 2.93. The monoisotopic (exact) mass is 426 g/mol. The molecule has 3 heterocycles. The average molecular weight is 426 g/mol. The molecule has 0 aliphatic carbocycles. The predicted octanol–water partition coefficient (Wildman–Crippen LogP) is 1.72. The summed E-state index contributed by atoms with van der Waals surface area (Å²) in [4.78, 5) is 38.8. The molecule has 2 amide bonds. The Kier molecular flexibility index (Phi) is 7.56. The van der Waals surface area contributed by atoms with E-state index >= 15 is 0 Å². The van der Waals surface area contributed by atoms with Gasteiger partial charge in [-0.2, -0.15) is 13.2 Å². The van der Waals surface area contributed by atoms with Crippen molar-refractivity contribution in [1.82, 2.24) is 19.8 Å². The van der Waals surface area contributed by atoms with Gasteiger partial charge in [-0.25, -0.2) is 9.59 Å². The van der Waals surface area contributed by atoms with Crippen molar-refractivity contribution in [2.24, 2.45) is 7.05 Å². The summed E-state index contributed by atoms with van der Waals surface area (Å²) in [6.07, 6.45) is -0.165. The second kappa shape index (κ2) is 9.90. The van der Waals surface area contributed by atoms with Crippen LogP contribution in [0.2, 0.25) is 0 Å². The van der Waals surface area contributed by atoms with Crippen molar-refractivity contribution in [3.8, 4) is 0 Å². The number of carbonyl (C=O) groups is 2. The van der Waals surface area contributed by atoms with Gasteiger partial charge in [0.2, 0.25) is 5.56 Å². The number of aliphatic carboxylic acids is 1. The summed E-state index contributed by atoms with van der Waals surface area (Å²) in [6, 6.07) is 7.18. The van der Waals surface area contributed by atoms with Crippen LogP contribution in [0.5, 0.6) is 0 Å². The number of nitrogens with zero attached hydrogens (tertiary/aromatic N) is 3. The number of hydrogen-bond acceptors (Lipinski definition) is 4. The lowest BCUT2D eigenvalue weighted by molar-refractivity contribution is -0.192. The number of aromatic nitrogens is 2. The van der Waals surface area contributed by atoms with Gasteiger partial charge in [-0.1, -0.05) is 12.1 Å². The first kappa shape index (κ1) is 22.9. The van der Waals surface area contributed by atoms with E-state index < -0.39 is 12.1 Å². The number of rotatable bonds is 2. The Labute approximate surface area is 170 Å². The van der Waals surface area contributed by atoms with Gasteiger partial charge >= 0.3 is 18.2 Å². The lowest BCUT2D eigenvalue weighted by atomic mass is 10.1. The van der Waals surface area contributed by atoms with E-state index in [2.05, 4.69) is 10.3 Å². The summed E-state index contributed by atoms with van der Waals surface area (Å²) in [6.45, 7) is 1.74. The number of pyridine rings is 2. The van der Waals surface area contributed by atoms with Crippen LogP contribution in [0.25, 0.3) is 0 Å². The van der Waals surface area contributed by atoms with E-state index in [1.54, 1.807) is 35.0 Å². The van der Waals surface area contributed by atoms with Crippen LogP contribution in [0, 0.1) is 0 Å². The molecule has 2 N–H and O–H groups in total. The molecule has 2 aromatic heterocycles. The van der Waals surface area contributed by atoms with Gasteiger partial charge in [0, 0.05) is 57.3 Å². The Balaban J connectivity index is 0.000000396. The Morgan fingerprint density at radius 1 is 1.20 bits per heavy atom. The Morgan fingerprint density at radius 2 is 1.87 bits per heavy atom. The van der Waals surface area contributed by atoms with Crippen molar-refractivity contribution >= 4 is 12.0 Å². The third-order valence-corrected chi connectivity index (χ3v) is 4.50. The molecule has 2 aromatic rings. The quantitative estimate of drug-likeness (QED) is 0.761. The summed E-state index contributed by atoms with van der Waals surface area (Å²) in [7, 11) is 1.79. The molecule has 0 radical (unpaired) electrons. The topological polar surface area (TPSA) is 105 Å². The van der Waals surface area contributed by atoms with Gasteiger partial charge in [0.1, 0.15) is 0 Å². The molecule has 3 rings (SSSR count). The standard InChI is InChI=1S/C17H20N4O2.C2HF3O2/c1-20-15-7-10-21(9-6-14(15)4-5-16(20)22)17(23)19-12-13-3-2-8-18-11-13;3-2(4,5)1(6)7/h2-5,8,11H,6-7,9-10,12H2,1H3,(H,19,23);(H,6,7). The minimum Gasteiger partial charge on any atom is -0.475 e. The summed E-state index contributed by atoms with van der Waals surface area (Å²) in [5.41, 5.74) is 3.15. The molecule has 8 nitrogen and oxygen atoms in total. The number of carboxylic acids is 1. The zero-order valence-corrected chi connectivity index (χ0v) is 16.1. The highest BCUT2D eigenvalue weighted by Gasteiger charge is 2.38. The molecule has 0 bridgehead atoms. The molecule has 0 atom stereocenters. The fourth-order valence-corrected chi connectivity index (χ4v) is 2.89. The van der Waals surface area contributed by atoms with Crippen molar-refractivity contribution in [2.45, 2.75) is 25.6 Å². The minimum atomic E-state index is -5.08. The van der Waals surface area contributed by atoms with E-state index in [4.69, 9.17) is 9.90 Å². The summed E-state index contributed by atoms with van der Waals surface area (Å²) in [5, 5.41) is 10.1. The van der Waals surface area contributed by atoms with E-state index in [0.29, 0.717) is 26.1 Å². The van der Waals surface area contributed by atoms with Crippen molar-refractivity contribution in [2.75, 3.05) is 13.1 Å². The van der Waals surface area contributed by atoms with Crippen LogP contribution in [-0.4, -0.2) is 50.8 Å². The van der Waals surface area contributed by atoms with E-state index in [0.717, 1.165) is 23.2 Å². The van der Waals surface area contributed by atoms with E-state index in [1.807, 2.05) is 18.2 Å². The molecule has 30 heavy (non-hydrogen) atoms. The van der Waals surface area contributed by atoms with Crippen LogP contribution in [0.1, 0.15) is 16.8 Å². The lowest BCUT2D eigenvalue weighted by Crippen LogP contribution is -2.41. The van der Waals surface area contributed by atoms with Crippen molar-refractivity contribution in [3.63, 3.8) is 0 Å². The lowest BCUT2D eigenvalue weighted by Gasteiger charge is -2.20. The van der Waals surface area contributed by atoms with E-state index in [1.165, 1.54) is 0 Å². The molecule has 0 saturated heterocycles. The van der Waals surface area contributed by atoms with Crippen LogP contribution in [-0.2, 0) is 31.2 Å². The highest BCUT2D eigenvalue weighted by Crippen LogP contribution is 2.14. The van der Waals surface area contributed by atoms with Gasteiger partial charge in [-0.15, -0.1) is 0 Å². The third-order valence-electron chi connectivity index (χ3n) is 4.50. The predicted molar refractivity (Wildman–Crippen MR) is 101 cm³/mol. The van der Waals surface area contributed by atoms with Gasteiger partial charge in [0.05, 0.1) is 0 Å². The molecule has 0 aromatic carbocycles. The van der Waals surface area contributed by atoms with Gasteiger partial charge in [0.25, 0.3) is 0 Å². The van der Waals surface area contributed by atoms with Crippen LogP contribution >= 0.6 is 0 Å². The molecule has 0 spiro atoms. The molecular weight excluding hydrogens is 405 g/mol. The number of halogens is 3. The van der Waals surface area contributed by atoms with Gasteiger partial charge in [-0.3, -0.25) is 9.78 Å². The number of fused-ring (bicyclic) bond motifs is 1. The highest BCUT2D eigenvalue weighted by molar-refractivity contribution is 5.74. The molecule has 11 heteroatoms. The number of alkyl halides is 3. The van der Waals surface area contributed by atoms with Crippen molar-refractivity contribution in [1.29, 1.82) is 0 Å². The second-order valence-corrected chi connectivity index (χ2v) is 6.51. The largest absolute Gasteiger partial charge is 0.490 e. The first-order valence-corrected chi connectivity index (χ1v) is 8.99. The smallest absolute Gasteiger partial charge is 0.475 e. The number of nitrogens with one attached hydrogen (secondary N) is 1. The molecular formula is C19H21F3N4O4. The maximum Gasteiger partial charge on any atom is 0.490 e. The molecule has 0 unspecified atom stereocenters. The van der Waals surface area contributed by atoms with E-state index in [-0.39, 0.29) is 11.6 Å². The molecule has 0 fully saturated rings. The molecule has 0 saturated carbocycles. The first-order chi connectivity index (χ1) is 14.1. The molecule has 1 aliphatic rings. The maximum absolute atomic E-state index is 12.4. The first-order valence-electron chi connectivity index (χ1n) is 8.99. The van der Waals surface area contributed by atoms with Crippen LogP contribution < -0.4 is 10.9 Å². The molecule has 162 valence electrons. The van der Waals surface area contributed by atoms with E-state index in [9.17, 15) is 22.8 Å². The van der Waals surface area contributed by atoms with Gasteiger partial charge in [-0.05, 0) is 23.6 Å². The van der Waals surface area contributed by atoms with Crippen LogP contribution in [0.15, 0.2) is 41.5 Å². The maximum atomic E-state index is 12.4. The zero-order valence-electron chi connectivity index (χ0n) is 16.1. The third kappa shape index (κ3) is 6.33. The SMILES string of the molecule is Cn1c2c(ccc1=O)CCN(C(=O)NCc1cccnc1)CC2.O=C(O)C(F)(F)F. The fourth-order valence-electron chi connectivity index (χ4n) is 2.89. The normalized spacial score (nSPS) is 13.4. The Bertz CT molecular complexity index is 945. The van der Waals surface area contributed by atoms with Gasteiger partial charge < -0.3 is 19.9 Å². The number of carbonyl (C=O) groups excluding carboxylic acids is 1. The van der Waals surface area contributed by atoms with Crippen molar-refractivity contribution in [3.05, 3.63) is 63.8 Å². The second-order valence-electron chi connectivity index (χ2n) is 6.51. The zero-order chi connectivity index (χ0) is 22.3. The summed E-state index contributed by atoms with van der Waals surface area (Å²) < 4.78 is 33.4. The minimum absolute atomic E-state index is 0.00164. The van der Waals surface area contributed by atoms with Crippen LogP contribution in [0.4, 0.5) is 18.0 Å². The Hall–Kier alpha value is -3.37. The summed E-state index contributed by atoms with van der Waals surface area (Å²) >= 11 is 0. The number of carboxylic acid groups (broad SMARTS) is 1. The van der Waals surface area contributed by atoms with Crippen LogP contribution in [0.3, 0.4) is 0 Å². The number of urea groups is 1. The van der Waals surface area contributed by atoms with Gasteiger partial charge in [0.15, 0.2) is 0 Å². The highest BCUT2D eigenvalue weighted by atomic mass is 19.4. The van der Waals surface area contributed by atoms with Crippen molar-refractivity contribution < 1.29 is 27.9 Å². The fraction of sp³-hybridized carbons (Fsp3) is 0.368.